The van der Waals surface area contributed by atoms with Gasteiger partial charge in [-0.2, -0.15) is 0 Å². The first-order valence-electron chi connectivity index (χ1n) is 5.22. The number of nitrogens with zero attached hydrogens (tertiary/aromatic N) is 1. The number of hydrogen-bond acceptors (Lipinski definition) is 4. The van der Waals surface area contributed by atoms with Crippen LogP contribution in [0, 0.1) is 6.92 Å². The molecule has 1 amide bonds. The predicted octanol–water partition coefficient (Wildman–Crippen LogP) is 3.16. The first-order chi connectivity index (χ1) is 8.97. The van der Waals surface area contributed by atoms with Crippen molar-refractivity contribution in [1.29, 1.82) is 0 Å². The molecule has 0 saturated carbocycles. The molecule has 1 aromatic carbocycles. The number of carboxylic acids is 1. The first-order valence-corrected chi connectivity index (χ1v) is 6.90. The molecule has 7 heteroatoms. The molecule has 0 radical (unpaired) electrons. The quantitative estimate of drug-likeness (QED) is 0.899. The van der Waals surface area contributed by atoms with Crippen LogP contribution in [0.4, 0.5) is 5.69 Å². The Morgan fingerprint density at radius 2 is 2.11 bits per heavy atom. The molecular weight excluding hydrogens is 332 g/mol. The van der Waals surface area contributed by atoms with Crippen molar-refractivity contribution in [2.75, 3.05) is 5.32 Å². The standard InChI is InChI=1S/C12H9BrN2O3S/c1-6-10(19-5-14-6)11(16)15-9-3-7(12(17)18)2-8(13)4-9/h2-5H,1H3,(H,15,16)(H,17,18). The number of hydrogen-bond donors (Lipinski definition) is 2. The number of carbonyl (C=O) groups is 2. The molecule has 19 heavy (non-hydrogen) atoms. The van der Waals surface area contributed by atoms with Crippen molar-refractivity contribution >= 4 is 44.8 Å². The number of thiazole rings is 1. The summed E-state index contributed by atoms with van der Waals surface area (Å²) in [5.74, 6) is -1.35. The van der Waals surface area contributed by atoms with Crippen molar-refractivity contribution in [2.45, 2.75) is 6.92 Å². The highest BCUT2D eigenvalue weighted by atomic mass is 79.9. The molecular formula is C12H9BrN2O3S. The summed E-state index contributed by atoms with van der Waals surface area (Å²) in [6, 6.07) is 4.51. The van der Waals surface area contributed by atoms with Crippen LogP contribution in [-0.4, -0.2) is 22.0 Å². The molecule has 2 aromatic rings. The second-order valence-electron chi connectivity index (χ2n) is 3.75. The topological polar surface area (TPSA) is 79.3 Å². The Bertz CT molecular complexity index is 654. The third kappa shape index (κ3) is 3.18. The number of aryl methyl sites for hydroxylation is 1. The number of aromatic carboxylic acids is 1. The molecule has 0 aliphatic rings. The SMILES string of the molecule is Cc1ncsc1C(=O)Nc1cc(Br)cc(C(=O)O)c1. The summed E-state index contributed by atoms with van der Waals surface area (Å²) in [5, 5.41) is 11.6. The lowest BCUT2D eigenvalue weighted by atomic mass is 10.2. The van der Waals surface area contributed by atoms with Gasteiger partial charge in [0.1, 0.15) is 4.88 Å². The van der Waals surface area contributed by atoms with E-state index >= 15 is 0 Å². The number of anilines is 1. The molecule has 0 fully saturated rings. The maximum atomic E-state index is 12.0. The molecule has 0 bridgehead atoms. The molecule has 5 nitrogen and oxygen atoms in total. The van der Waals surface area contributed by atoms with E-state index in [0.29, 0.717) is 20.7 Å². The molecule has 0 aliphatic heterocycles. The van der Waals surface area contributed by atoms with Crippen molar-refractivity contribution in [3.63, 3.8) is 0 Å². The number of nitrogens with one attached hydrogen (secondary N) is 1. The third-order valence-corrected chi connectivity index (χ3v) is 3.74. The van der Waals surface area contributed by atoms with E-state index in [2.05, 4.69) is 26.2 Å². The van der Waals surface area contributed by atoms with E-state index in [-0.39, 0.29) is 11.5 Å². The summed E-state index contributed by atoms with van der Waals surface area (Å²) in [6.45, 7) is 1.75. The number of carbonyl (C=O) groups excluding carboxylic acids is 1. The second kappa shape index (κ2) is 5.50. The Labute approximate surface area is 121 Å². The van der Waals surface area contributed by atoms with Crippen LogP contribution in [0.25, 0.3) is 0 Å². The van der Waals surface area contributed by atoms with Gasteiger partial charge in [0.2, 0.25) is 0 Å². The van der Waals surface area contributed by atoms with Gasteiger partial charge in [-0.1, -0.05) is 15.9 Å². The lowest BCUT2D eigenvalue weighted by molar-refractivity contribution is 0.0696. The summed E-state index contributed by atoms with van der Waals surface area (Å²) in [4.78, 5) is 27.4. The zero-order valence-electron chi connectivity index (χ0n) is 9.81. The Kier molecular flexibility index (Phi) is 3.96. The fraction of sp³-hybridized carbons (Fsp3) is 0.0833. The minimum Gasteiger partial charge on any atom is -0.478 e. The zero-order valence-corrected chi connectivity index (χ0v) is 12.2. The average molecular weight is 341 g/mol. The Hall–Kier alpha value is -1.73. The van der Waals surface area contributed by atoms with Gasteiger partial charge in [0, 0.05) is 10.2 Å². The number of amides is 1. The number of aromatic nitrogens is 1. The van der Waals surface area contributed by atoms with E-state index in [1.54, 1.807) is 18.5 Å². The Morgan fingerprint density at radius 1 is 1.37 bits per heavy atom. The molecule has 2 N–H and O–H groups in total. The monoisotopic (exact) mass is 340 g/mol. The maximum absolute atomic E-state index is 12.0. The lowest BCUT2D eigenvalue weighted by Gasteiger charge is -2.06. The normalized spacial score (nSPS) is 10.2. The first kappa shape index (κ1) is 13.7. The van der Waals surface area contributed by atoms with Gasteiger partial charge in [0.05, 0.1) is 16.8 Å². The Balaban J connectivity index is 2.26. The second-order valence-corrected chi connectivity index (χ2v) is 5.53. The highest BCUT2D eigenvalue weighted by Crippen LogP contribution is 2.21. The van der Waals surface area contributed by atoms with E-state index in [1.165, 1.54) is 23.5 Å². The highest BCUT2D eigenvalue weighted by Gasteiger charge is 2.13. The third-order valence-electron chi connectivity index (χ3n) is 2.35. The predicted molar refractivity (Wildman–Crippen MR) is 75.9 cm³/mol. The van der Waals surface area contributed by atoms with Gasteiger partial charge in [0.25, 0.3) is 5.91 Å². The van der Waals surface area contributed by atoms with Crippen LogP contribution >= 0.6 is 27.3 Å². The number of carboxylic acid groups (broad SMARTS) is 1. The molecule has 2 rings (SSSR count). The van der Waals surface area contributed by atoms with E-state index in [0.717, 1.165) is 0 Å². The van der Waals surface area contributed by atoms with Crippen LogP contribution in [0.5, 0.6) is 0 Å². The average Bonchev–Trinajstić information content (AvgIpc) is 2.74. The van der Waals surface area contributed by atoms with Crippen LogP contribution in [0.15, 0.2) is 28.2 Å². The zero-order chi connectivity index (χ0) is 14.0. The van der Waals surface area contributed by atoms with Gasteiger partial charge in [-0.05, 0) is 25.1 Å². The lowest BCUT2D eigenvalue weighted by Crippen LogP contribution is -2.12. The molecule has 0 spiro atoms. The van der Waals surface area contributed by atoms with Gasteiger partial charge in [-0.15, -0.1) is 11.3 Å². The van der Waals surface area contributed by atoms with Crippen molar-refractivity contribution in [1.82, 2.24) is 4.98 Å². The summed E-state index contributed by atoms with van der Waals surface area (Å²) in [7, 11) is 0. The summed E-state index contributed by atoms with van der Waals surface area (Å²) < 4.78 is 0.587. The van der Waals surface area contributed by atoms with E-state index < -0.39 is 5.97 Å². The van der Waals surface area contributed by atoms with Gasteiger partial charge in [-0.25, -0.2) is 9.78 Å². The summed E-state index contributed by atoms with van der Waals surface area (Å²) in [6.07, 6.45) is 0. The number of halogens is 1. The largest absolute Gasteiger partial charge is 0.478 e. The highest BCUT2D eigenvalue weighted by molar-refractivity contribution is 9.10. The fourth-order valence-corrected chi connectivity index (χ4v) is 2.68. The molecule has 0 atom stereocenters. The van der Waals surface area contributed by atoms with Gasteiger partial charge in [0.15, 0.2) is 0 Å². The summed E-state index contributed by atoms with van der Waals surface area (Å²) >= 11 is 4.45. The van der Waals surface area contributed by atoms with Gasteiger partial charge < -0.3 is 10.4 Å². The molecule has 1 heterocycles. The van der Waals surface area contributed by atoms with Crippen molar-refractivity contribution in [2.24, 2.45) is 0 Å². The summed E-state index contributed by atoms with van der Waals surface area (Å²) in [5.41, 5.74) is 2.76. The Morgan fingerprint density at radius 3 is 2.68 bits per heavy atom. The van der Waals surface area contributed by atoms with Gasteiger partial charge >= 0.3 is 5.97 Å². The van der Waals surface area contributed by atoms with Crippen LogP contribution in [0.2, 0.25) is 0 Å². The van der Waals surface area contributed by atoms with Crippen LogP contribution in [-0.2, 0) is 0 Å². The number of benzene rings is 1. The van der Waals surface area contributed by atoms with Crippen molar-refractivity contribution in [3.8, 4) is 0 Å². The van der Waals surface area contributed by atoms with Crippen LogP contribution in [0.3, 0.4) is 0 Å². The van der Waals surface area contributed by atoms with E-state index in [4.69, 9.17) is 5.11 Å². The van der Waals surface area contributed by atoms with E-state index in [9.17, 15) is 9.59 Å². The molecule has 98 valence electrons. The molecule has 0 unspecified atom stereocenters. The maximum Gasteiger partial charge on any atom is 0.335 e. The smallest absolute Gasteiger partial charge is 0.335 e. The van der Waals surface area contributed by atoms with Crippen LogP contribution in [0.1, 0.15) is 25.7 Å². The fourth-order valence-electron chi connectivity index (χ4n) is 1.49. The van der Waals surface area contributed by atoms with Crippen molar-refractivity contribution < 1.29 is 14.7 Å². The van der Waals surface area contributed by atoms with Crippen LogP contribution < -0.4 is 5.32 Å². The molecule has 1 aromatic heterocycles. The minimum atomic E-state index is -1.05. The van der Waals surface area contributed by atoms with Crippen molar-refractivity contribution in [3.05, 3.63) is 44.3 Å². The number of rotatable bonds is 3. The minimum absolute atomic E-state index is 0.103. The van der Waals surface area contributed by atoms with Gasteiger partial charge in [-0.3, -0.25) is 4.79 Å². The van der Waals surface area contributed by atoms with E-state index in [1.807, 2.05) is 0 Å². The molecule has 0 saturated heterocycles. The molecule has 0 aliphatic carbocycles.